The van der Waals surface area contributed by atoms with Gasteiger partial charge in [0.05, 0.1) is 0 Å². The van der Waals surface area contributed by atoms with Crippen molar-refractivity contribution in [3.63, 3.8) is 0 Å². The lowest BCUT2D eigenvalue weighted by molar-refractivity contribution is 0.102. The van der Waals surface area contributed by atoms with Gasteiger partial charge in [-0.3, -0.25) is 4.79 Å². The molecule has 0 atom stereocenters. The first-order valence-electron chi connectivity index (χ1n) is 6.27. The first-order chi connectivity index (χ1) is 9.69. The maximum atomic E-state index is 12.1. The number of amides is 1. The number of aryl methyl sites for hydroxylation is 1. The second-order valence-corrected chi connectivity index (χ2v) is 4.36. The molecule has 2 aromatic carbocycles. The van der Waals surface area contributed by atoms with Gasteiger partial charge < -0.3 is 10.4 Å². The Kier molecular flexibility index (Phi) is 4.54. The van der Waals surface area contributed by atoms with Crippen LogP contribution < -0.4 is 5.32 Å². The van der Waals surface area contributed by atoms with Crippen molar-refractivity contribution < 1.29 is 9.90 Å². The monoisotopic (exact) mass is 265 g/mol. The van der Waals surface area contributed by atoms with Gasteiger partial charge in [-0.2, -0.15) is 0 Å². The average Bonchev–Trinajstić information content (AvgIpc) is 2.46. The fourth-order valence-electron chi connectivity index (χ4n) is 1.72. The predicted octanol–water partition coefficient (Wildman–Crippen LogP) is 2.59. The van der Waals surface area contributed by atoms with E-state index in [1.807, 2.05) is 31.2 Å². The van der Waals surface area contributed by atoms with E-state index >= 15 is 0 Å². The third-order valence-electron chi connectivity index (χ3n) is 2.75. The van der Waals surface area contributed by atoms with E-state index in [-0.39, 0.29) is 12.5 Å². The van der Waals surface area contributed by atoms with Gasteiger partial charge in [-0.25, -0.2) is 0 Å². The van der Waals surface area contributed by atoms with Crippen molar-refractivity contribution in [2.24, 2.45) is 0 Å². The van der Waals surface area contributed by atoms with E-state index in [1.165, 1.54) is 0 Å². The van der Waals surface area contributed by atoms with Gasteiger partial charge in [-0.15, -0.1) is 0 Å². The zero-order valence-corrected chi connectivity index (χ0v) is 11.2. The van der Waals surface area contributed by atoms with E-state index in [9.17, 15) is 4.79 Å². The molecular formula is C17H15NO2. The number of aliphatic hydroxyl groups is 1. The number of nitrogens with one attached hydrogen (secondary N) is 1. The molecular weight excluding hydrogens is 250 g/mol. The van der Waals surface area contributed by atoms with Gasteiger partial charge in [-0.05, 0) is 37.3 Å². The molecule has 0 heterocycles. The molecule has 0 aliphatic rings. The number of benzene rings is 2. The minimum absolute atomic E-state index is 0.155. The van der Waals surface area contributed by atoms with Crippen LogP contribution in [0.5, 0.6) is 0 Å². The lowest BCUT2D eigenvalue weighted by Gasteiger charge is -2.06. The van der Waals surface area contributed by atoms with Gasteiger partial charge in [-0.1, -0.05) is 35.6 Å². The van der Waals surface area contributed by atoms with Crippen LogP contribution in [0.4, 0.5) is 5.69 Å². The summed E-state index contributed by atoms with van der Waals surface area (Å²) < 4.78 is 0. The predicted molar refractivity (Wildman–Crippen MR) is 79.5 cm³/mol. The third kappa shape index (κ3) is 3.71. The van der Waals surface area contributed by atoms with Gasteiger partial charge in [0.2, 0.25) is 0 Å². The van der Waals surface area contributed by atoms with Gasteiger partial charge >= 0.3 is 0 Å². The van der Waals surface area contributed by atoms with Crippen LogP contribution >= 0.6 is 0 Å². The van der Waals surface area contributed by atoms with Crippen LogP contribution in [-0.2, 0) is 0 Å². The third-order valence-corrected chi connectivity index (χ3v) is 2.75. The number of rotatable bonds is 2. The fourth-order valence-corrected chi connectivity index (χ4v) is 1.72. The minimum atomic E-state index is -0.181. The van der Waals surface area contributed by atoms with Crippen molar-refractivity contribution in [3.05, 3.63) is 65.2 Å². The Hall–Kier alpha value is -2.57. The van der Waals surface area contributed by atoms with Crippen molar-refractivity contribution in [1.29, 1.82) is 0 Å². The molecule has 0 spiro atoms. The standard InChI is InChI=1S/C17H15NO2/c1-13-7-9-15(10-8-13)17(20)18-16-6-2-4-14(12-16)5-3-11-19/h2,4,6-10,12,19H,11H2,1H3,(H,18,20). The Bertz CT molecular complexity index is 663. The summed E-state index contributed by atoms with van der Waals surface area (Å²) in [5.41, 5.74) is 3.16. The van der Waals surface area contributed by atoms with Gasteiger partial charge in [0.25, 0.3) is 5.91 Å². The highest BCUT2D eigenvalue weighted by Crippen LogP contribution is 2.12. The normalized spacial score (nSPS) is 9.50. The van der Waals surface area contributed by atoms with Crippen LogP contribution in [0.3, 0.4) is 0 Å². The summed E-state index contributed by atoms with van der Waals surface area (Å²) in [7, 11) is 0. The highest BCUT2D eigenvalue weighted by molar-refractivity contribution is 6.04. The summed E-state index contributed by atoms with van der Waals surface area (Å²) in [4.78, 5) is 12.1. The summed E-state index contributed by atoms with van der Waals surface area (Å²) in [6.07, 6.45) is 0. The maximum absolute atomic E-state index is 12.1. The quantitative estimate of drug-likeness (QED) is 0.820. The van der Waals surface area contributed by atoms with E-state index in [2.05, 4.69) is 17.2 Å². The molecule has 1 amide bonds. The molecule has 0 unspecified atom stereocenters. The molecule has 3 nitrogen and oxygen atoms in total. The molecule has 2 N–H and O–H groups in total. The molecule has 0 radical (unpaired) electrons. The Morgan fingerprint density at radius 3 is 2.65 bits per heavy atom. The molecule has 0 saturated carbocycles. The molecule has 3 heteroatoms. The summed E-state index contributed by atoms with van der Waals surface area (Å²) in [5, 5.41) is 11.5. The number of aliphatic hydroxyl groups excluding tert-OH is 1. The van der Waals surface area contributed by atoms with Crippen LogP contribution in [0.1, 0.15) is 21.5 Å². The first kappa shape index (κ1) is 13.9. The molecule has 0 aliphatic carbocycles. The van der Waals surface area contributed by atoms with Crippen molar-refractivity contribution >= 4 is 11.6 Å². The van der Waals surface area contributed by atoms with Crippen LogP contribution in [0, 0.1) is 18.8 Å². The average molecular weight is 265 g/mol. The van der Waals surface area contributed by atoms with Gasteiger partial charge in [0.15, 0.2) is 0 Å². The van der Waals surface area contributed by atoms with Gasteiger partial charge in [0, 0.05) is 16.8 Å². The van der Waals surface area contributed by atoms with Crippen LogP contribution in [-0.4, -0.2) is 17.6 Å². The molecule has 2 rings (SSSR count). The zero-order chi connectivity index (χ0) is 14.4. The summed E-state index contributed by atoms with van der Waals surface area (Å²) in [6.45, 7) is 1.80. The van der Waals surface area contributed by atoms with Crippen LogP contribution in [0.25, 0.3) is 0 Å². The van der Waals surface area contributed by atoms with E-state index < -0.39 is 0 Å². The molecule has 0 saturated heterocycles. The molecule has 100 valence electrons. The Labute approximate surface area is 118 Å². The minimum Gasteiger partial charge on any atom is -0.384 e. The fraction of sp³-hybridized carbons (Fsp3) is 0.118. The number of carbonyl (C=O) groups excluding carboxylic acids is 1. The SMILES string of the molecule is Cc1ccc(C(=O)Nc2cccc(C#CCO)c2)cc1. The van der Waals surface area contributed by atoms with Crippen LogP contribution in [0.2, 0.25) is 0 Å². The molecule has 0 aliphatic heterocycles. The molecule has 0 bridgehead atoms. The van der Waals surface area contributed by atoms with Crippen molar-refractivity contribution in [2.75, 3.05) is 11.9 Å². The molecule has 20 heavy (non-hydrogen) atoms. The maximum Gasteiger partial charge on any atom is 0.255 e. The van der Waals surface area contributed by atoms with Gasteiger partial charge in [0.1, 0.15) is 6.61 Å². The van der Waals surface area contributed by atoms with Crippen LogP contribution in [0.15, 0.2) is 48.5 Å². The Balaban J connectivity index is 2.13. The first-order valence-corrected chi connectivity index (χ1v) is 6.27. The van der Waals surface area contributed by atoms with E-state index in [4.69, 9.17) is 5.11 Å². The Morgan fingerprint density at radius 2 is 1.95 bits per heavy atom. The van der Waals surface area contributed by atoms with Crippen molar-refractivity contribution in [1.82, 2.24) is 0 Å². The zero-order valence-electron chi connectivity index (χ0n) is 11.2. The molecule has 0 fully saturated rings. The summed E-state index contributed by atoms with van der Waals surface area (Å²) >= 11 is 0. The van der Waals surface area contributed by atoms with Crippen molar-refractivity contribution in [2.45, 2.75) is 6.92 Å². The lowest BCUT2D eigenvalue weighted by Crippen LogP contribution is -2.11. The molecule has 2 aromatic rings. The second kappa shape index (κ2) is 6.55. The number of hydrogen-bond acceptors (Lipinski definition) is 2. The van der Waals surface area contributed by atoms with E-state index in [0.29, 0.717) is 11.3 Å². The van der Waals surface area contributed by atoms with E-state index in [0.717, 1.165) is 11.1 Å². The van der Waals surface area contributed by atoms with E-state index in [1.54, 1.807) is 24.3 Å². The number of hydrogen-bond donors (Lipinski definition) is 2. The Morgan fingerprint density at radius 1 is 1.20 bits per heavy atom. The summed E-state index contributed by atoms with van der Waals surface area (Å²) in [6, 6.07) is 14.6. The number of anilines is 1. The topological polar surface area (TPSA) is 49.3 Å². The largest absolute Gasteiger partial charge is 0.384 e. The smallest absolute Gasteiger partial charge is 0.255 e. The number of carbonyl (C=O) groups is 1. The highest BCUT2D eigenvalue weighted by Gasteiger charge is 2.05. The summed E-state index contributed by atoms with van der Waals surface area (Å²) in [5.74, 6) is 5.22. The lowest BCUT2D eigenvalue weighted by atomic mass is 10.1. The van der Waals surface area contributed by atoms with Crippen molar-refractivity contribution in [3.8, 4) is 11.8 Å². The second-order valence-electron chi connectivity index (χ2n) is 4.36. The molecule has 0 aromatic heterocycles. The highest BCUT2D eigenvalue weighted by atomic mass is 16.2.